The van der Waals surface area contributed by atoms with Gasteiger partial charge in [-0.15, -0.1) is 0 Å². The van der Waals surface area contributed by atoms with E-state index in [0.29, 0.717) is 12.3 Å². The normalized spacial score (nSPS) is 15.2. The number of carbonyl (C=O) groups is 2. The monoisotopic (exact) mass is 364 g/mol. The molecule has 0 saturated heterocycles. The van der Waals surface area contributed by atoms with Gasteiger partial charge in [0.25, 0.3) is 0 Å². The van der Waals surface area contributed by atoms with Crippen LogP contribution in [-0.2, 0) is 22.4 Å². The van der Waals surface area contributed by atoms with Crippen LogP contribution in [0.15, 0.2) is 55.1 Å². The molecule has 1 unspecified atom stereocenters. The van der Waals surface area contributed by atoms with Crippen LogP contribution in [0.1, 0.15) is 36.1 Å². The van der Waals surface area contributed by atoms with Gasteiger partial charge in [0, 0.05) is 17.7 Å². The number of hydrogen-bond acceptors (Lipinski definition) is 3. The van der Waals surface area contributed by atoms with Crippen molar-refractivity contribution in [1.82, 2.24) is 5.32 Å². The second kappa shape index (κ2) is 8.54. The van der Waals surface area contributed by atoms with Crippen molar-refractivity contribution in [1.29, 1.82) is 0 Å². The van der Waals surface area contributed by atoms with Crippen molar-refractivity contribution in [2.24, 2.45) is 0 Å². The molecule has 5 nitrogen and oxygen atoms in total. The van der Waals surface area contributed by atoms with Crippen LogP contribution in [0.2, 0.25) is 0 Å². The molecule has 1 aliphatic rings. The van der Waals surface area contributed by atoms with Crippen LogP contribution in [0.5, 0.6) is 5.75 Å². The van der Waals surface area contributed by atoms with E-state index in [-0.39, 0.29) is 24.3 Å². The SMILES string of the molecule is C=CC(=O)Nc1cccc(CC(=O)NC2CCOc3c(CC)cccc32)c1. The van der Waals surface area contributed by atoms with Crippen molar-refractivity contribution in [2.75, 3.05) is 11.9 Å². The van der Waals surface area contributed by atoms with E-state index in [1.165, 1.54) is 6.08 Å². The average Bonchev–Trinajstić information content (AvgIpc) is 2.68. The summed E-state index contributed by atoms with van der Waals surface area (Å²) >= 11 is 0. The van der Waals surface area contributed by atoms with Gasteiger partial charge >= 0.3 is 0 Å². The number of anilines is 1. The molecule has 2 aromatic carbocycles. The highest BCUT2D eigenvalue weighted by atomic mass is 16.5. The molecule has 0 fully saturated rings. The fourth-order valence-electron chi connectivity index (χ4n) is 3.30. The lowest BCUT2D eigenvalue weighted by Crippen LogP contribution is -2.33. The Balaban J connectivity index is 1.68. The molecule has 140 valence electrons. The van der Waals surface area contributed by atoms with E-state index in [9.17, 15) is 9.59 Å². The molecule has 2 amide bonds. The number of nitrogens with one attached hydrogen (secondary N) is 2. The molecule has 1 atom stereocenters. The summed E-state index contributed by atoms with van der Waals surface area (Å²) in [6.07, 6.45) is 3.11. The van der Waals surface area contributed by atoms with Crippen molar-refractivity contribution in [2.45, 2.75) is 32.2 Å². The second-order valence-corrected chi connectivity index (χ2v) is 6.52. The number of aryl methyl sites for hydroxylation is 1. The quantitative estimate of drug-likeness (QED) is 0.770. The zero-order valence-electron chi connectivity index (χ0n) is 15.5. The molecule has 0 saturated carbocycles. The Morgan fingerprint density at radius 2 is 2.07 bits per heavy atom. The molecule has 5 heteroatoms. The molecule has 0 radical (unpaired) electrons. The first kappa shape index (κ1) is 18.7. The molecule has 2 N–H and O–H groups in total. The van der Waals surface area contributed by atoms with Gasteiger partial charge in [0.05, 0.1) is 19.1 Å². The van der Waals surface area contributed by atoms with Gasteiger partial charge in [0.2, 0.25) is 11.8 Å². The van der Waals surface area contributed by atoms with Gasteiger partial charge < -0.3 is 15.4 Å². The zero-order valence-corrected chi connectivity index (χ0v) is 15.5. The smallest absolute Gasteiger partial charge is 0.247 e. The molecular weight excluding hydrogens is 340 g/mol. The van der Waals surface area contributed by atoms with Crippen LogP contribution >= 0.6 is 0 Å². The van der Waals surface area contributed by atoms with Gasteiger partial charge in [-0.2, -0.15) is 0 Å². The van der Waals surface area contributed by atoms with Crippen molar-refractivity contribution in [3.8, 4) is 5.75 Å². The third-order valence-corrected chi connectivity index (χ3v) is 4.62. The van der Waals surface area contributed by atoms with E-state index in [1.54, 1.807) is 12.1 Å². The standard InChI is InChI=1S/C22H24N2O3/c1-3-16-8-6-10-18-19(11-12-27-22(16)18)24-21(26)14-15-7-5-9-17(13-15)23-20(25)4-2/h4-10,13,19H,2-3,11-12,14H2,1H3,(H,23,25)(H,24,26). The van der Waals surface area contributed by atoms with Crippen LogP contribution in [0.3, 0.4) is 0 Å². The fourth-order valence-corrected chi connectivity index (χ4v) is 3.30. The summed E-state index contributed by atoms with van der Waals surface area (Å²) in [5.74, 6) is 0.578. The number of ether oxygens (including phenoxy) is 1. The summed E-state index contributed by atoms with van der Waals surface area (Å²) in [6.45, 7) is 6.13. The Hall–Kier alpha value is -3.08. The minimum Gasteiger partial charge on any atom is -0.493 e. The maximum Gasteiger partial charge on any atom is 0.247 e. The van der Waals surface area contributed by atoms with Gasteiger partial charge in [-0.05, 0) is 35.8 Å². The van der Waals surface area contributed by atoms with E-state index < -0.39 is 0 Å². The molecule has 0 bridgehead atoms. The molecular formula is C22H24N2O3. The first-order valence-corrected chi connectivity index (χ1v) is 9.17. The van der Waals surface area contributed by atoms with Crippen molar-refractivity contribution in [3.05, 3.63) is 71.8 Å². The molecule has 2 aromatic rings. The maximum atomic E-state index is 12.6. The predicted octanol–water partition coefficient (Wildman–Crippen LogP) is 3.56. The summed E-state index contributed by atoms with van der Waals surface area (Å²) < 4.78 is 5.84. The Labute approximate surface area is 159 Å². The third-order valence-electron chi connectivity index (χ3n) is 4.62. The molecule has 0 aliphatic carbocycles. The Kier molecular flexibility index (Phi) is 5.91. The average molecular weight is 364 g/mol. The van der Waals surface area contributed by atoms with Crippen molar-refractivity contribution in [3.63, 3.8) is 0 Å². The van der Waals surface area contributed by atoms with Gasteiger partial charge in [-0.25, -0.2) is 0 Å². The van der Waals surface area contributed by atoms with E-state index in [2.05, 4.69) is 30.2 Å². The predicted molar refractivity (Wildman–Crippen MR) is 106 cm³/mol. The summed E-state index contributed by atoms with van der Waals surface area (Å²) in [6, 6.07) is 13.3. The molecule has 0 spiro atoms. The molecule has 27 heavy (non-hydrogen) atoms. The van der Waals surface area contributed by atoms with Crippen molar-refractivity contribution >= 4 is 17.5 Å². The number of fused-ring (bicyclic) bond motifs is 1. The van der Waals surface area contributed by atoms with Crippen molar-refractivity contribution < 1.29 is 14.3 Å². The minimum absolute atomic E-state index is 0.0450. The maximum absolute atomic E-state index is 12.6. The lowest BCUT2D eigenvalue weighted by molar-refractivity contribution is -0.121. The number of para-hydroxylation sites is 1. The van der Waals surface area contributed by atoms with Gasteiger partial charge in [0.15, 0.2) is 0 Å². The van der Waals surface area contributed by atoms with Crippen LogP contribution in [0.25, 0.3) is 0 Å². The van der Waals surface area contributed by atoms with Crippen LogP contribution in [0.4, 0.5) is 5.69 Å². The second-order valence-electron chi connectivity index (χ2n) is 6.52. The number of amides is 2. The zero-order chi connectivity index (χ0) is 19.2. The van der Waals surface area contributed by atoms with Gasteiger partial charge in [-0.3, -0.25) is 9.59 Å². The molecule has 0 aromatic heterocycles. The van der Waals surface area contributed by atoms with E-state index >= 15 is 0 Å². The molecule has 1 heterocycles. The van der Waals surface area contributed by atoms with E-state index in [1.807, 2.05) is 24.3 Å². The minimum atomic E-state index is -0.276. The highest BCUT2D eigenvalue weighted by Gasteiger charge is 2.24. The van der Waals surface area contributed by atoms with Crippen LogP contribution in [0, 0.1) is 0 Å². The lowest BCUT2D eigenvalue weighted by Gasteiger charge is -2.28. The topological polar surface area (TPSA) is 67.4 Å². The number of hydrogen-bond donors (Lipinski definition) is 2. The van der Waals surface area contributed by atoms with E-state index in [4.69, 9.17) is 4.74 Å². The first-order valence-electron chi connectivity index (χ1n) is 9.17. The Bertz CT molecular complexity index is 860. The highest BCUT2D eigenvalue weighted by Crippen LogP contribution is 2.35. The molecule has 1 aliphatic heterocycles. The number of carbonyl (C=O) groups excluding carboxylic acids is 2. The van der Waals surface area contributed by atoms with Gasteiger partial charge in [0.1, 0.15) is 5.75 Å². The highest BCUT2D eigenvalue weighted by molar-refractivity contribution is 5.98. The van der Waals surface area contributed by atoms with E-state index in [0.717, 1.165) is 35.3 Å². The third kappa shape index (κ3) is 4.56. The largest absolute Gasteiger partial charge is 0.493 e. The molecule has 3 rings (SSSR count). The fraction of sp³-hybridized carbons (Fsp3) is 0.273. The van der Waals surface area contributed by atoms with Crippen LogP contribution < -0.4 is 15.4 Å². The number of benzene rings is 2. The Morgan fingerprint density at radius 1 is 1.26 bits per heavy atom. The Morgan fingerprint density at radius 3 is 2.85 bits per heavy atom. The summed E-state index contributed by atoms with van der Waals surface area (Å²) in [7, 11) is 0. The van der Waals surface area contributed by atoms with Crippen LogP contribution in [-0.4, -0.2) is 18.4 Å². The lowest BCUT2D eigenvalue weighted by atomic mass is 9.96. The summed E-state index contributed by atoms with van der Waals surface area (Å²) in [5, 5.41) is 5.83. The summed E-state index contributed by atoms with van der Waals surface area (Å²) in [5.41, 5.74) is 3.69. The number of rotatable bonds is 6. The summed E-state index contributed by atoms with van der Waals surface area (Å²) in [4.78, 5) is 24.0. The van der Waals surface area contributed by atoms with Gasteiger partial charge in [-0.1, -0.05) is 43.8 Å². The first-order chi connectivity index (χ1) is 13.1.